The quantitative estimate of drug-likeness (QED) is 0.0443. The second-order valence-corrected chi connectivity index (χ2v) is 13.5. The van der Waals surface area contributed by atoms with Crippen molar-refractivity contribution in [2.45, 2.75) is 58.2 Å². The summed E-state index contributed by atoms with van der Waals surface area (Å²) in [4.78, 5) is 44.2. The maximum Gasteiger partial charge on any atom is 0.336 e. The van der Waals surface area contributed by atoms with Gasteiger partial charge in [-0.2, -0.15) is 0 Å². The maximum absolute atomic E-state index is 11.6. The molecule has 0 fully saturated rings. The molecule has 0 unspecified atom stereocenters. The lowest BCUT2D eigenvalue weighted by Crippen LogP contribution is -2.42. The second-order valence-electron chi connectivity index (χ2n) is 13.5. The third-order valence-electron chi connectivity index (χ3n) is 8.18. The van der Waals surface area contributed by atoms with Crippen LogP contribution in [0, 0.1) is 0 Å². The Labute approximate surface area is 347 Å². The number of ether oxygens (including phenoxy) is 1. The summed E-state index contributed by atoms with van der Waals surface area (Å²) in [6.45, 7) is 8.46. The minimum Gasteiger partial charge on any atom is -0.492 e. The molecule has 0 saturated carbocycles. The van der Waals surface area contributed by atoms with E-state index in [9.17, 15) is 19.2 Å². The predicted molar refractivity (Wildman–Crippen MR) is 229 cm³/mol. The molecule has 0 bridgehead atoms. The summed E-state index contributed by atoms with van der Waals surface area (Å²) in [5, 5.41) is 36.7. The first-order valence-corrected chi connectivity index (χ1v) is 18.5. The molecule has 0 saturated heterocycles. The summed E-state index contributed by atoms with van der Waals surface area (Å²) in [5.74, 6) is -4.13. The third kappa shape index (κ3) is 18.1. The number of hydrazine groups is 1. The Morgan fingerprint density at radius 1 is 0.724 bits per heavy atom. The van der Waals surface area contributed by atoms with Gasteiger partial charge in [-0.15, -0.1) is 12.4 Å². The van der Waals surface area contributed by atoms with E-state index in [1.165, 1.54) is 27.8 Å². The number of benzene rings is 4. The summed E-state index contributed by atoms with van der Waals surface area (Å²) >= 11 is 0. The van der Waals surface area contributed by atoms with Crippen molar-refractivity contribution in [3.8, 4) is 5.75 Å². The van der Waals surface area contributed by atoms with Gasteiger partial charge in [0, 0.05) is 24.7 Å². The summed E-state index contributed by atoms with van der Waals surface area (Å²) in [5.41, 5.74) is 11.3. The minimum absolute atomic E-state index is 0. The van der Waals surface area contributed by atoms with Crippen LogP contribution >= 0.6 is 12.4 Å². The van der Waals surface area contributed by atoms with Crippen LogP contribution in [0.2, 0.25) is 0 Å². The number of halogens is 1. The van der Waals surface area contributed by atoms with Crippen molar-refractivity contribution >= 4 is 47.4 Å². The van der Waals surface area contributed by atoms with Crippen molar-refractivity contribution in [3.63, 3.8) is 0 Å². The summed E-state index contributed by atoms with van der Waals surface area (Å²) in [6.07, 6.45) is -1.32. The van der Waals surface area contributed by atoms with E-state index in [1.807, 2.05) is 45.2 Å². The molecule has 1 amide bonds. The van der Waals surface area contributed by atoms with E-state index < -0.39 is 36.4 Å². The largest absolute Gasteiger partial charge is 0.492 e. The van der Waals surface area contributed by atoms with E-state index in [-0.39, 0.29) is 24.4 Å². The number of amides is 1. The highest BCUT2D eigenvalue weighted by Crippen LogP contribution is 2.35. The van der Waals surface area contributed by atoms with E-state index in [4.69, 9.17) is 25.2 Å². The topological polar surface area (TPSA) is 198 Å². The van der Waals surface area contributed by atoms with Gasteiger partial charge >= 0.3 is 17.9 Å². The lowest BCUT2D eigenvalue weighted by atomic mass is 9.88. The van der Waals surface area contributed by atoms with Gasteiger partial charge in [-0.1, -0.05) is 91.9 Å². The van der Waals surface area contributed by atoms with Gasteiger partial charge in [0.25, 0.3) is 5.91 Å². The molecular weight excluding hydrogens is 764 g/mol. The SMILES string of the molecule is CC/C(=C(\c1ccccc1)c1ccc(OCCN(C)C)cc1)c1ccccc1.CNNCc1ccc(C(=O)NC(C)C)cc1.Cl.O=C(O)CC(O)(CC(=O)O)C(=O)O. The number of rotatable bonds is 18. The molecule has 0 atom stereocenters. The summed E-state index contributed by atoms with van der Waals surface area (Å²) in [7, 11) is 5.93. The molecule has 0 radical (unpaired) electrons. The Balaban J connectivity index is 0.000000478. The first kappa shape index (κ1) is 50.4. The molecule has 0 aliphatic rings. The number of aliphatic carboxylic acids is 3. The fourth-order valence-electron chi connectivity index (χ4n) is 5.37. The van der Waals surface area contributed by atoms with Crippen LogP contribution in [-0.2, 0) is 20.9 Å². The molecule has 0 aliphatic carbocycles. The van der Waals surface area contributed by atoms with Gasteiger partial charge in [-0.25, -0.2) is 4.79 Å². The normalized spacial score (nSPS) is 11.1. The molecule has 58 heavy (non-hydrogen) atoms. The zero-order valence-corrected chi connectivity index (χ0v) is 34.7. The minimum atomic E-state index is -2.74. The zero-order valence-electron chi connectivity index (χ0n) is 33.9. The number of carboxylic acids is 3. The van der Waals surface area contributed by atoms with Gasteiger partial charge in [0.2, 0.25) is 0 Å². The molecule has 4 aromatic carbocycles. The Morgan fingerprint density at radius 3 is 1.64 bits per heavy atom. The zero-order chi connectivity index (χ0) is 42.4. The van der Waals surface area contributed by atoms with E-state index in [1.54, 1.807) is 0 Å². The van der Waals surface area contributed by atoms with Crippen molar-refractivity contribution in [2.24, 2.45) is 0 Å². The number of carboxylic acid groups (broad SMARTS) is 3. The van der Waals surface area contributed by atoms with Crippen LogP contribution in [0.25, 0.3) is 11.1 Å². The van der Waals surface area contributed by atoms with E-state index in [0.29, 0.717) is 12.2 Å². The maximum atomic E-state index is 11.6. The molecule has 314 valence electrons. The Hall–Kier alpha value is -5.57. The third-order valence-corrected chi connectivity index (χ3v) is 8.18. The van der Waals surface area contributed by atoms with Gasteiger partial charge in [0.05, 0.1) is 12.8 Å². The number of nitrogens with zero attached hydrogens (tertiary/aromatic N) is 1. The molecule has 0 heterocycles. The number of likely N-dealkylation sites (N-methyl/N-ethyl adjacent to an activating group) is 1. The molecular formula is C44H57ClN4O9. The first-order valence-electron chi connectivity index (χ1n) is 18.5. The van der Waals surface area contributed by atoms with Crippen molar-refractivity contribution < 1.29 is 44.3 Å². The summed E-state index contributed by atoms with van der Waals surface area (Å²) < 4.78 is 5.87. The van der Waals surface area contributed by atoms with Crippen molar-refractivity contribution in [2.75, 3.05) is 34.3 Å². The molecule has 0 aliphatic heterocycles. The number of hydrogen-bond acceptors (Lipinski definition) is 9. The van der Waals surface area contributed by atoms with Crippen LogP contribution in [0.4, 0.5) is 0 Å². The highest BCUT2D eigenvalue weighted by atomic mass is 35.5. The highest BCUT2D eigenvalue weighted by molar-refractivity contribution is 5.98. The standard InChI is InChI=1S/C26H29NO.C12H19N3O.C6H8O7.ClH/c1-4-25(21-11-7-5-8-12-21)26(22-13-9-6-10-14-22)23-15-17-24(18-16-23)28-20-19-27(2)3;1-9(2)15-12(16)11-6-4-10(5-7-11)8-14-13-3;7-3(8)1-6(13,5(11)12)2-4(9)10;/h5-18H,4,19-20H2,1-3H3;4-7,9,13-14H,8H2,1-3H3,(H,15,16);13H,1-2H2,(H,7,8)(H,9,10)(H,11,12);1H/b26-25-;;;. The molecule has 4 rings (SSSR count). The van der Waals surface area contributed by atoms with Crippen molar-refractivity contribution in [3.05, 3.63) is 137 Å². The number of nitrogens with one attached hydrogen (secondary N) is 3. The molecule has 0 spiro atoms. The van der Waals surface area contributed by atoms with Gasteiger partial charge in [0.15, 0.2) is 5.60 Å². The fraction of sp³-hybridized carbons (Fsp3) is 0.318. The average Bonchev–Trinajstić information content (AvgIpc) is 3.17. The van der Waals surface area contributed by atoms with Gasteiger partial charge in [-0.3, -0.25) is 25.2 Å². The molecule has 14 heteroatoms. The van der Waals surface area contributed by atoms with Crippen LogP contribution < -0.4 is 20.9 Å². The summed E-state index contributed by atoms with van der Waals surface area (Å²) in [6, 6.07) is 37.5. The first-order chi connectivity index (χ1) is 27.1. The fourth-order valence-corrected chi connectivity index (χ4v) is 5.37. The molecule has 0 aromatic heterocycles. The van der Waals surface area contributed by atoms with Crippen LogP contribution in [0.1, 0.15) is 72.6 Å². The number of hydrogen-bond donors (Lipinski definition) is 7. The van der Waals surface area contributed by atoms with Gasteiger partial charge < -0.3 is 35.4 Å². The van der Waals surface area contributed by atoms with Crippen LogP contribution in [0.5, 0.6) is 5.75 Å². The smallest absolute Gasteiger partial charge is 0.336 e. The number of carbonyl (C=O) groups is 4. The van der Waals surface area contributed by atoms with Gasteiger partial charge in [0.1, 0.15) is 12.4 Å². The van der Waals surface area contributed by atoms with Crippen molar-refractivity contribution in [1.82, 2.24) is 21.1 Å². The molecule has 4 aromatic rings. The van der Waals surface area contributed by atoms with Crippen LogP contribution in [0.15, 0.2) is 109 Å². The van der Waals surface area contributed by atoms with E-state index in [2.05, 4.69) is 127 Å². The second kappa shape index (κ2) is 26.4. The number of carbonyl (C=O) groups excluding carboxylic acids is 1. The Bertz CT molecular complexity index is 1860. The van der Waals surface area contributed by atoms with E-state index >= 15 is 0 Å². The van der Waals surface area contributed by atoms with E-state index in [0.717, 1.165) is 30.8 Å². The van der Waals surface area contributed by atoms with Crippen LogP contribution in [0.3, 0.4) is 0 Å². The lowest BCUT2D eigenvalue weighted by molar-refractivity contribution is -0.170. The highest BCUT2D eigenvalue weighted by Gasteiger charge is 2.40. The van der Waals surface area contributed by atoms with Crippen LogP contribution in [-0.4, -0.2) is 95.1 Å². The van der Waals surface area contributed by atoms with Gasteiger partial charge in [-0.05, 0) is 99.1 Å². The molecule has 7 N–H and O–H groups in total. The number of allylic oxidation sites excluding steroid dienone is 1. The van der Waals surface area contributed by atoms with Crippen molar-refractivity contribution in [1.29, 1.82) is 0 Å². The molecule has 13 nitrogen and oxygen atoms in total. The number of aliphatic hydroxyl groups is 1. The predicted octanol–water partition coefficient (Wildman–Crippen LogP) is 6.22. The Morgan fingerprint density at radius 2 is 1.21 bits per heavy atom. The monoisotopic (exact) mass is 820 g/mol. The Kier molecular flexibility index (Phi) is 22.9. The lowest BCUT2D eigenvalue weighted by Gasteiger charge is -2.18. The average molecular weight is 821 g/mol.